The van der Waals surface area contributed by atoms with Crippen molar-refractivity contribution in [1.29, 1.82) is 0 Å². The molecule has 0 spiro atoms. The number of methoxy groups -OCH3 is 1. The number of nitrogens with one attached hydrogen (secondary N) is 2. The van der Waals surface area contributed by atoms with Gasteiger partial charge in [0.1, 0.15) is 5.82 Å². The van der Waals surface area contributed by atoms with Gasteiger partial charge in [0.25, 0.3) is 0 Å². The maximum absolute atomic E-state index is 6.03. The molecule has 8 nitrogen and oxygen atoms in total. The van der Waals surface area contributed by atoms with E-state index in [-0.39, 0.29) is 0 Å². The molecular formula is C31H36N6O2. The van der Waals surface area contributed by atoms with E-state index in [1.54, 1.807) is 13.3 Å². The molecule has 1 saturated heterocycles. The molecule has 3 heterocycles. The van der Waals surface area contributed by atoms with E-state index in [2.05, 4.69) is 54.8 Å². The molecule has 2 fully saturated rings. The van der Waals surface area contributed by atoms with E-state index >= 15 is 0 Å². The van der Waals surface area contributed by atoms with Crippen LogP contribution in [0.5, 0.6) is 11.5 Å². The zero-order valence-electron chi connectivity index (χ0n) is 22.5. The predicted molar refractivity (Wildman–Crippen MR) is 156 cm³/mol. The Hall–Kier alpha value is -3.91. The lowest BCUT2D eigenvalue weighted by molar-refractivity contribution is 0.203. The first-order valence-corrected chi connectivity index (χ1v) is 14.0. The highest BCUT2D eigenvalue weighted by Crippen LogP contribution is 2.40. The topological polar surface area (TPSA) is 84.4 Å². The number of piperidine rings is 1. The lowest BCUT2D eigenvalue weighted by Gasteiger charge is -2.26. The monoisotopic (exact) mass is 524 g/mol. The van der Waals surface area contributed by atoms with E-state index in [0.29, 0.717) is 24.1 Å². The molecule has 202 valence electrons. The molecule has 0 unspecified atom stereocenters. The number of pyridine rings is 1. The van der Waals surface area contributed by atoms with Crippen molar-refractivity contribution in [3.63, 3.8) is 0 Å². The number of anilines is 4. The first-order valence-electron chi connectivity index (χ1n) is 14.0. The van der Waals surface area contributed by atoms with Crippen molar-refractivity contribution in [2.45, 2.75) is 44.4 Å². The number of likely N-dealkylation sites (tertiary alicyclic amines) is 1. The van der Waals surface area contributed by atoms with Crippen LogP contribution in [-0.4, -0.2) is 53.2 Å². The number of ether oxygens (including phenoxy) is 2. The Bertz CT molecular complexity index is 1420. The van der Waals surface area contributed by atoms with Gasteiger partial charge in [-0.3, -0.25) is 4.98 Å². The number of rotatable bonds is 11. The number of fused-ring (bicyclic) bond motifs is 1. The summed E-state index contributed by atoms with van der Waals surface area (Å²) in [7, 11) is 1.66. The maximum Gasteiger partial charge on any atom is 0.229 e. The summed E-state index contributed by atoms with van der Waals surface area (Å²) in [5, 5.41) is 7.74. The maximum atomic E-state index is 6.03. The molecule has 2 aromatic carbocycles. The lowest BCUT2D eigenvalue weighted by Crippen LogP contribution is -2.31. The number of hydrogen-bond donors (Lipinski definition) is 2. The highest BCUT2D eigenvalue weighted by atomic mass is 16.5. The Labute approximate surface area is 229 Å². The molecule has 39 heavy (non-hydrogen) atoms. The molecular weight excluding hydrogens is 488 g/mol. The van der Waals surface area contributed by atoms with E-state index < -0.39 is 0 Å². The predicted octanol–water partition coefficient (Wildman–Crippen LogP) is 6.65. The molecule has 2 aliphatic rings. The van der Waals surface area contributed by atoms with Crippen molar-refractivity contribution in [1.82, 2.24) is 19.9 Å². The van der Waals surface area contributed by atoms with Crippen LogP contribution in [0, 0.1) is 0 Å². The minimum Gasteiger partial charge on any atom is -0.493 e. The summed E-state index contributed by atoms with van der Waals surface area (Å²) >= 11 is 0. The zero-order valence-corrected chi connectivity index (χ0v) is 22.5. The van der Waals surface area contributed by atoms with Crippen LogP contribution in [0.2, 0.25) is 0 Å². The largest absolute Gasteiger partial charge is 0.493 e. The van der Waals surface area contributed by atoms with E-state index in [1.165, 1.54) is 50.8 Å². The van der Waals surface area contributed by atoms with E-state index in [0.717, 1.165) is 46.9 Å². The molecule has 0 atom stereocenters. The third-order valence-corrected chi connectivity index (χ3v) is 7.43. The summed E-state index contributed by atoms with van der Waals surface area (Å²) in [5.74, 6) is 3.31. The second-order valence-corrected chi connectivity index (χ2v) is 10.4. The van der Waals surface area contributed by atoms with E-state index in [1.807, 2.05) is 30.5 Å². The standard InChI is InChI=1S/C31H36N6O2/c1-38-29-20-25(10-11-28(29)39-17-5-16-37-14-3-2-4-15-37)35-31-32-13-12-30(36-31)34-26-18-24-9-8-23(22-6-7-22)19-27(24)33-21-26/h8-13,18-22H,2-7,14-17H2,1H3,(H2,32,34,35,36). The fourth-order valence-corrected chi connectivity index (χ4v) is 5.16. The average Bonchev–Trinajstić information content (AvgIpc) is 3.82. The van der Waals surface area contributed by atoms with Gasteiger partial charge in [0.15, 0.2) is 11.5 Å². The van der Waals surface area contributed by atoms with Crippen molar-refractivity contribution in [3.8, 4) is 11.5 Å². The van der Waals surface area contributed by atoms with Gasteiger partial charge in [-0.05, 0) is 87.0 Å². The summed E-state index contributed by atoms with van der Waals surface area (Å²) < 4.78 is 11.6. The molecule has 2 aromatic heterocycles. The van der Waals surface area contributed by atoms with Gasteiger partial charge in [0.2, 0.25) is 5.95 Å². The zero-order chi connectivity index (χ0) is 26.4. The smallest absolute Gasteiger partial charge is 0.229 e. The second-order valence-electron chi connectivity index (χ2n) is 10.4. The molecule has 1 aliphatic heterocycles. The van der Waals surface area contributed by atoms with Crippen LogP contribution in [-0.2, 0) is 0 Å². The highest BCUT2D eigenvalue weighted by Gasteiger charge is 2.23. The molecule has 1 saturated carbocycles. The fraction of sp³-hybridized carbons (Fsp3) is 0.387. The van der Waals surface area contributed by atoms with Crippen LogP contribution < -0.4 is 20.1 Å². The summed E-state index contributed by atoms with van der Waals surface area (Å²) in [6, 6.07) is 16.3. The number of hydrogen-bond acceptors (Lipinski definition) is 8. The highest BCUT2D eigenvalue weighted by molar-refractivity contribution is 5.83. The van der Waals surface area contributed by atoms with E-state index in [4.69, 9.17) is 9.47 Å². The van der Waals surface area contributed by atoms with Gasteiger partial charge in [0.05, 0.1) is 31.1 Å². The Morgan fingerprint density at radius 1 is 0.897 bits per heavy atom. The Morgan fingerprint density at radius 2 is 1.79 bits per heavy atom. The van der Waals surface area contributed by atoms with Gasteiger partial charge in [-0.25, -0.2) is 4.98 Å². The minimum atomic E-state index is 0.486. The van der Waals surface area contributed by atoms with Crippen LogP contribution in [0.4, 0.5) is 23.1 Å². The van der Waals surface area contributed by atoms with Crippen molar-refractivity contribution in [2.75, 3.05) is 44.0 Å². The van der Waals surface area contributed by atoms with Gasteiger partial charge in [-0.15, -0.1) is 0 Å². The van der Waals surface area contributed by atoms with Gasteiger partial charge < -0.3 is 25.0 Å². The SMILES string of the molecule is COc1cc(Nc2nccc(Nc3cnc4cc(C5CC5)ccc4c3)n2)ccc1OCCCN1CCCCC1. The van der Waals surface area contributed by atoms with Crippen molar-refractivity contribution >= 4 is 34.0 Å². The Balaban J connectivity index is 1.06. The summed E-state index contributed by atoms with van der Waals surface area (Å²) in [6.45, 7) is 4.17. The fourth-order valence-electron chi connectivity index (χ4n) is 5.16. The van der Waals surface area contributed by atoms with Gasteiger partial charge in [-0.2, -0.15) is 4.98 Å². The second kappa shape index (κ2) is 11.9. The Morgan fingerprint density at radius 3 is 2.64 bits per heavy atom. The third kappa shape index (κ3) is 6.57. The number of aromatic nitrogens is 3. The Kier molecular flexibility index (Phi) is 7.72. The third-order valence-electron chi connectivity index (χ3n) is 7.43. The number of benzene rings is 2. The summed E-state index contributed by atoms with van der Waals surface area (Å²) in [4.78, 5) is 16.2. The normalized spacial score (nSPS) is 15.7. The first kappa shape index (κ1) is 25.4. The van der Waals surface area contributed by atoms with Crippen LogP contribution in [0.3, 0.4) is 0 Å². The molecule has 0 bridgehead atoms. The van der Waals surface area contributed by atoms with E-state index in [9.17, 15) is 0 Å². The van der Waals surface area contributed by atoms with Gasteiger partial charge >= 0.3 is 0 Å². The molecule has 1 aliphatic carbocycles. The van der Waals surface area contributed by atoms with Crippen molar-refractivity contribution in [2.24, 2.45) is 0 Å². The quantitative estimate of drug-likeness (QED) is 0.211. The molecule has 0 amide bonds. The van der Waals surface area contributed by atoms with Gasteiger partial charge in [0, 0.05) is 29.9 Å². The van der Waals surface area contributed by atoms with Crippen LogP contribution >= 0.6 is 0 Å². The number of nitrogens with zero attached hydrogens (tertiary/aromatic N) is 4. The minimum absolute atomic E-state index is 0.486. The van der Waals surface area contributed by atoms with Crippen LogP contribution in [0.15, 0.2) is 60.9 Å². The molecule has 2 N–H and O–H groups in total. The first-order chi connectivity index (χ1) is 19.2. The molecule has 0 radical (unpaired) electrons. The van der Waals surface area contributed by atoms with Gasteiger partial charge in [-0.1, -0.05) is 18.6 Å². The summed E-state index contributed by atoms with van der Waals surface area (Å²) in [5.41, 5.74) is 4.13. The lowest BCUT2D eigenvalue weighted by atomic mass is 10.1. The molecule has 6 rings (SSSR count). The van der Waals surface area contributed by atoms with Crippen LogP contribution in [0.1, 0.15) is 50.0 Å². The molecule has 4 aromatic rings. The van der Waals surface area contributed by atoms with Crippen LogP contribution in [0.25, 0.3) is 10.9 Å². The van der Waals surface area contributed by atoms with Crippen molar-refractivity contribution < 1.29 is 9.47 Å². The molecule has 8 heteroatoms. The summed E-state index contributed by atoms with van der Waals surface area (Å²) in [6.07, 6.45) is 11.2. The van der Waals surface area contributed by atoms with Crippen molar-refractivity contribution in [3.05, 3.63) is 66.5 Å². The average molecular weight is 525 g/mol.